The lowest BCUT2D eigenvalue weighted by molar-refractivity contribution is 0.266. The summed E-state index contributed by atoms with van der Waals surface area (Å²) in [6, 6.07) is 2.39. The Labute approximate surface area is 134 Å². The Morgan fingerprint density at radius 1 is 1.57 bits per heavy atom. The van der Waals surface area contributed by atoms with Crippen molar-refractivity contribution in [2.24, 2.45) is 0 Å². The van der Waals surface area contributed by atoms with Crippen LogP contribution in [0.5, 0.6) is 0 Å². The van der Waals surface area contributed by atoms with Gasteiger partial charge in [-0.05, 0) is 52.2 Å². The fraction of sp³-hybridized carbons (Fsp3) is 0.429. The summed E-state index contributed by atoms with van der Waals surface area (Å²) in [6.07, 6.45) is 4.98. The van der Waals surface area contributed by atoms with Crippen molar-refractivity contribution in [3.8, 4) is 0 Å². The van der Waals surface area contributed by atoms with Crippen molar-refractivity contribution in [3.05, 3.63) is 42.9 Å². The van der Waals surface area contributed by atoms with E-state index in [0.29, 0.717) is 10.2 Å². The van der Waals surface area contributed by atoms with E-state index in [1.807, 2.05) is 0 Å². The van der Waals surface area contributed by atoms with Crippen LogP contribution in [-0.4, -0.2) is 21.5 Å². The molecule has 1 aliphatic carbocycles. The maximum Gasteiger partial charge on any atom is 0.283 e. The Balaban J connectivity index is 1.87. The molecule has 1 aliphatic rings. The lowest BCUT2D eigenvalue weighted by Gasteiger charge is -2.25. The largest absolute Gasteiger partial charge is 0.394 e. The molecule has 0 amide bonds. The van der Waals surface area contributed by atoms with E-state index < -0.39 is 0 Å². The molecule has 0 aliphatic heterocycles. The van der Waals surface area contributed by atoms with Crippen molar-refractivity contribution in [2.45, 2.75) is 31.8 Å². The van der Waals surface area contributed by atoms with Gasteiger partial charge >= 0.3 is 0 Å². The van der Waals surface area contributed by atoms with Gasteiger partial charge in [-0.2, -0.15) is 5.10 Å². The maximum absolute atomic E-state index is 12.1. The highest BCUT2D eigenvalue weighted by molar-refractivity contribution is 9.10. The number of aliphatic hydroxyl groups is 1. The van der Waals surface area contributed by atoms with Crippen LogP contribution in [0.3, 0.4) is 0 Å². The summed E-state index contributed by atoms with van der Waals surface area (Å²) in [5, 5.41) is 18.6. The van der Waals surface area contributed by atoms with Gasteiger partial charge in [0.05, 0.1) is 31.1 Å². The van der Waals surface area contributed by atoms with E-state index in [9.17, 15) is 4.79 Å². The van der Waals surface area contributed by atoms with Crippen LogP contribution in [0.25, 0.3) is 0 Å². The molecular formula is C14H16BrN3O2S. The SMILES string of the molecule is O=c1c(Br)c(NC2CCCc3sccc32)cnn1CCO. The molecule has 1 unspecified atom stereocenters. The van der Waals surface area contributed by atoms with Crippen LogP contribution in [0.2, 0.25) is 0 Å². The molecule has 2 aromatic rings. The maximum atomic E-state index is 12.1. The minimum absolute atomic E-state index is 0.104. The van der Waals surface area contributed by atoms with E-state index in [1.54, 1.807) is 17.5 Å². The average Bonchev–Trinajstić information content (AvgIpc) is 2.96. The van der Waals surface area contributed by atoms with Crippen LogP contribution in [0, 0.1) is 0 Å². The highest BCUT2D eigenvalue weighted by atomic mass is 79.9. The van der Waals surface area contributed by atoms with Crippen molar-refractivity contribution >= 4 is 33.0 Å². The summed E-state index contributed by atoms with van der Waals surface area (Å²) in [5.74, 6) is 0. The number of thiophene rings is 1. The van der Waals surface area contributed by atoms with Crippen LogP contribution in [-0.2, 0) is 13.0 Å². The molecule has 0 fully saturated rings. The highest BCUT2D eigenvalue weighted by Crippen LogP contribution is 2.36. The van der Waals surface area contributed by atoms with E-state index in [4.69, 9.17) is 5.11 Å². The number of aromatic nitrogens is 2. The van der Waals surface area contributed by atoms with Crippen molar-refractivity contribution in [3.63, 3.8) is 0 Å². The first-order valence-corrected chi connectivity index (χ1v) is 8.57. The second-order valence-electron chi connectivity index (χ2n) is 5.01. The second-order valence-corrected chi connectivity index (χ2v) is 6.81. The number of hydrogen-bond donors (Lipinski definition) is 2. The zero-order valence-electron chi connectivity index (χ0n) is 11.4. The Kier molecular flexibility index (Phi) is 4.42. The van der Waals surface area contributed by atoms with Crippen molar-refractivity contribution in [1.29, 1.82) is 0 Å². The minimum atomic E-state index is -0.226. The second kappa shape index (κ2) is 6.29. The molecule has 112 valence electrons. The van der Waals surface area contributed by atoms with Gasteiger partial charge in [0.15, 0.2) is 0 Å². The predicted octanol–water partition coefficient (Wildman–Crippen LogP) is 2.55. The van der Waals surface area contributed by atoms with Crippen molar-refractivity contribution < 1.29 is 5.11 Å². The number of anilines is 1. The van der Waals surface area contributed by atoms with Crippen LogP contribution in [0.4, 0.5) is 5.69 Å². The van der Waals surface area contributed by atoms with Crippen LogP contribution >= 0.6 is 27.3 Å². The monoisotopic (exact) mass is 369 g/mol. The quantitative estimate of drug-likeness (QED) is 0.868. The van der Waals surface area contributed by atoms with Gasteiger partial charge in [0, 0.05) is 4.88 Å². The molecule has 2 heterocycles. The average molecular weight is 370 g/mol. The van der Waals surface area contributed by atoms with Crippen LogP contribution in [0.15, 0.2) is 26.9 Å². The Morgan fingerprint density at radius 3 is 3.24 bits per heavy atom. The molecule has 0 saturated heterocycles. The Morgan fingerprint density at radius 2 is 2.43 bits per heavy atom. The summed E-state index contributed by atoms with van der Waals surface area (Å²) in [4.78, 5) is 13.5. The molecule has 0 spiro atoms. The number of nitrogens with zero attached hydrogens (tertiary/aromatic N) is 2. The molecule has 1 atom stereocenters. The smallest absolute Gasteiger partial charge is 0.283 e. The van der Waals surface area contributed by atoms with Gasteiger partial charge in [-0.3, -0.25) is 4.79 Å². The molecule has 0 aromatic carbocycles. The topological polar surface area (TPSA) is 67.2 Å². The molecule has 0 saturated carbocycles. The van der Waals surface area contributed by atoms with E-state index in [2.05, 4.69) is 37.8 Å². The number of rotatable bonds is 4. The molecule has 5 nitrogen and oxygen atoms in total. The van der Waals surface area contributed by atoms with Gasteiger partial charge in [-0.1, -0.05) is 0 Å². The van der Waals surface area contributed by atoms with E-state index in [0.717, 1.165) is 19.3 Å². The molecule has 21 heavy (non-hydrogen) atoms. The third-order valence-corrected chi connectivity index (χ3v) is 5.44. The Bertz CT molecular complexity index is 698. The van der Waals surface area contributed by atoms with E-state index >= 15 is 0 Å². The highest BCUT2D eigenvalue weighted by Gasteiger charge is 2.22. The Hall–Kier alpha value is -1.18. The van der Waals surface area contributed by atoms with E-state index in [1.165, 1.54) is 15.1 Å². The van der Waals surface area contributed by atoms with Crippen molar-refractivity contribution in [2.75, 3.05) is 11.9 Å². The first-order chi connectivity index (χ1) is 10.2. The van der Waals surface area contributed by atoms with Crippen LogP contribution in [0.1, 0.15) is 29.3 Å². The first-order valence-electron chi connectivity index (χ1n) is 6.90. The molecule has 7 heteroatoms. The third kappa shape index (κ3) is 2.90. The van der Waals surface area contributed by atoms with E-state index in [-0.39, 0.29) is 24.8 Å². The molecular weight excluding hydrogens is 354 g/mol. The lowest BCUT2D eigenvalue weighted by Crippen LogP contribution is -2.26. The lowest BCUT2D eigenvalue weighted by atomic mass is 9.94. The third-order valence-electron chi connectivity index (χ3n) is 3.68. The minimum Gasteiger partial charge on any atom is -0.394 e. The van der Waals surface area contributed by atoms with Gasteiger partial charge in [0.1, 0.15) is 4.47 Å². The summed E-state index contributed by atoms with van der Waals surface area (Å²) < 4.78 is 1.72. The number of nitrogens with one attached hydrogen (secondary N) is 1. The number of halogens is 1. The van der Waals surface area contributed by atoms with Gasteiger partial charge < -0.3 is 10.4 Å². The standard InChI is InChI=1S/C14H16BrN3O2S/c15-13-11(8-16-18(5-6-19)14(13)20)17-10-2-1-3-12-9(10)4-7-21-12/h4,7-8,10,17,19H,1-3,5-6H2. The first kappa shape index (κ1) is 14.7. The van der Waals surface area contributed by atoms with Crippen LogP contribution < -0.4 is 10.9 Å². The van der Waals surface area contributed by atoms with Gasteiger partial charge in [-0.15, -0.1) is 11.3 Å². The zero-order chi connectivity index (χ0) is 14.8. The van der Waals surface area contributed by atoms with Gasteiger partial charge in [0.25, 0.3) is 5.56 Å². The summed E-state index contributed by atoms with van der Waals surface area (Å²) in [6.45, 7) is 0.100. The molecule has 0 radical (unpaired) electrons. The number of fused-ring (bicyclic) bond motifs is 1. The molecule has 2 aromatic heterocycles. The van der Waals surface area contributed by atoms with Crippen molar-refractivity contribution in [1.82, 2.24) is 9.78 Å². The predicted molar refractivity (Wildman–Crippen MR) is 86.9 cm³/mol. The summed E-state index contributed by atoms with van der Waals surface area (Å²) in [5.41, 5.74) is 1.81. The summed E-state index contributed by atoms with van der Waals surface area (Å²) >= 11 is 5.14. The zero-order valence-corrected chi connectivity index (χ0v) is 13.8. The van der Waals surface area contributed by atoms with Gasteiger partial charge in [0.2, 0.25) is 0 Å². The normalized spacial score (nSPS) is 17.5. The number of hydrogen-bond acceptors (Lipinski definition) is 5. The fourth-order valence-electron chi connectivity index (χ4n) is 2.64. The molecule has 2 N–H and O–H groups in total. The molecule has 0 bridgehead atoms. The summed E-state index contributed by atoms with van der Waals surface area (Å²) in [7, 11) is 0. The fourth-order valence-corrected chi connectivity index (χ4v) is 4.05. The number of aliphatic hydroxyl groups excluding tert-OH is 1. The van der Waals surface area contributed by atoms with Gasteiger partial charge in [-0.25, -0.2) is 4.68 Å². The molecule has 3 rings (SSSR count). The number of aryl methyl sites for hydroxylation is 1.